The van der Waals surface area contributed by atoms with E-state index in [9.17, 15) is 22.4 Å². The molecule has 1 saturated heterocycles. The highest BCUT2D eigenvalue weighted by molar-refractivity contribution is 5.94. The Bertz CT molecular complexity index is 1090. The SMILES string of the molecule is O=C(NC1CCN(c2nccc(-c3cccnc3)n2)C1)c1ccc(C(F)(F)F)c(F)c1. The maximum absolute atomic E-state index is 13.8. The van der Waals surface area contributed by atoms with Gasteiger partial charge in [0.25, 0.3) is 5.91 Å². The fraction of sp³-hybridized carbons (Fsp3) is 0.238. The Morgan fingerprint density at radius 2 is 2.00 bits per heavy atom. The third kappa shape index (κ3) is 4.62. The molecule has 1 aliphatic rings. The van der Waals surface area contributed by atoms with Crippen LogP contribution in [0.15, 0.2) is 55.0 Å². The van der Waals surface area contributed by atoms with Crippen molar-refractivity contribution in [1.82, 2.24) is 20.3 Å². The highest BCUT2D eigenvalue weighted by Crippen LogP contribution is 2.31. The van der Waals surface area contributed by atoms with Gasteiger partial charge in [-0.2, -0.15) is 13.2 Å². The van der Waals surface area contributed by atoms with E-state index >= 15 is 0 Å². The van der Waals surface area contributed by atoms with Crippen molar-refractivity contribution in [2.75, 3.05) is 18.0 Å². The summed E-state index contributed by atoms with van der Waals surface area (Å²) in [6, 6.07) is 7.33. The number of pyridine rings is 1. The number of benzene rings is 1. The van der Waals surface area contributed by atoms with Crippen LogP contribution in [0.5, 0.6) is 0 Å². The number of hydrogen-bond donors (Lipinski definition) is 1. The molecule has 1 fully saturated rings. The lowest BCUT2D eigenvalue weighted by Gasteiger charge is -2.17. The summed E-state index contributed by atoms with van der Waals surface area (Å²) in [5, 5.41) is 2.73. The molecule has 2 aromatic heterocycles. The van der Waals surface area contributed by atoms with E-state index in [4.69, 9.17) is 0 Å². The molecule has 0 aliphatic carbocycles. The molecule has 3 heterocycles. The fourth-order valence-corrected chi connectivity index (χ4v) is 3.39. The number of alkyl halides is 3. The van der Waals surface area contributed by atoms with Gasteiger partial charge in [0.05, 0.1) is 11.3 Å². The van der Waals surface area contributed by atoms with Crippen LogP contribution in [0.4, 0.5) is 23.5 Å². The molecule has 3 aromatic rings. The largest absolute Gasteiger partial charge is 0.419 e. The minimum atomic E-state index is -4.81. The average molecular weight is 431 g/mol. The molecule has 6 nitrogen and oxygen atoms in total. The summed E-state index contributed by atoms with van der Waals surface area (Å²) < 4.78 is 51.8. The van der Waals surface area contributed by atoms with E-state index in [0.29, 0.717) is 43.3 Å². The highest BCUT2D eigenvalue weighted by Gasteiger charge is 2.34. The van der Waals surface area contributed by atoms with Gasteiger partial charge in [0.1, 0.15) is 5.82 Å². The summed E-state index contributed by atoms with van der Waals surface area (Å²) in [6.45, 7) is 1.01. The van der Waals surface area contributed by atoms with Gasteiger partial charge in [-0.25, -0.2) is 14.4 Å². The quantitative estimate of drug-likeness (QED) is 0.638. The number of nitrogens with zero attached hydrogens (tertiary/aromatic N) is 4. The van der Waals surface area contributed by atoms with Gasteiger partial charge in [-0.05, 0) is 42.8 Å². The van der Waals surface area contributed by atoms with E-state index in [1.165, 1.54) is 0 Å². The number of carbonyl (C=O) groups excluding carboxylic acids is 1. The molecule has 0 bridgehead atoms. The van der Waals surface area contributed by atoms with Gasteiger partial charge in [0.2, 0.25) is 5.95 Å². The monoisotopic (exact) mass is 431 g/mol. The Hall–Kier alpha value is -3.56. The Kier molecular flexibility index (Phi) is 5.53. The summed E-state index contributed by atoms with van der Waals surface area (Å²) >= 11 is 0. The predicted octanol–water partition coefficient (Wildman–Crippen LogP) is 3.71. The lowest BCUT2D eigenvalue weighted by molar-refractivity contribution is -0.140. The first kappa shape index (κ1) is 20.7. The van der Waals surface area contributed by atoms with E-state index in [1.807, 2.05) is 17.0 Å². The minimum absolute atomic E-state index is 0.168. The number of nitrogens with one attached hydrogen (secondary N) is 1. The second kappa shape index (κ2) is 8.29. The maximum atomic E-state index is 13.8. The van der Waals surface area contributed by atoms with E-state index in [-0.39, 0.29) is 11.6 Å². The van der Waals surface area contributed by atoms with Crippen LogP contribution >= 0.6 is 0 Å². The minimum Gasteiger partial charge on any atom is -0.347 e. The maximum Gasteiger partial charge on any atom is 0.419 e. The van der Waals surface area contributed by atoms with E-state index < -0.39 is 23.5 Å². The normalized spacial score (nSPS) is 16.4. The second-order valence-electron chi connectivity index (χ2n) is 7.08. The topological polar surface area (TPSA) is 71.0 Å². The first-order valence-corrected chi connectivity index (χ1v) is 9.47. The molecule has 0 saturated carbocycles. The van der Waals surface area contributed by atoms with Gasteiger partial charge in [0, 0.05) is 48.8 Å². The molecular formula is C21H17F4N5O. The molecule has 160 valence electrons. The number of hydrogen-bond acceptors (Lipinski definition) is 5. The molecule has 1 atom stereocenters. The van der Waals surface area contributed by atoms with Gasteiger partial charge >= 0.3 is 6.18 Å². The molecule has 0 radical (unpaired) electrons. The van der Waals surface area contributed by atoms with Crippen molar-refractivity contribution in [1.29, 1.82) is 0 Å². The Morgan fingerprint density at radius 3 is 2.71 bits per heavy atom. The van der Waals surface area contributed by atoms with Crippen molar-refractivity contribution in [3.8, 4) is 11.3 Å². The summed E-state index contributed by atoms with van der Waals surface area (Å²) in [5.41, 5.74) is -0.00846. The standard InChI is InChI=1S/C21H17F4N5O/c22-17-10-13(3-4-16(17)21(23,24)25)19(31)28-15-6-9-30(12-15)20-27-8-5-18(29-20)14-2-1-7-26-11-14/h1-5,7-8,10-11,15H,6,9,12H2,(H,28,31). The van der Waals surface area contributed by atoms with Crippen molar-refractivity contribution >= 4 is 11.9 Å². The van der Waals surface area contributed by atoms with Gasteiger partial charge in [-0.15, -0.1) is 0 Å². The van der Waals surface area contributed by atoms with E-state index in [2.05, 4.69) is 20.3 Å². The van der Waals surface area contributed by atoms with Crippen LogP contribution in [0.2, 0.25) is 0 Å². The molecule has 1 amide bonds. The predicted molar refractivity (Wildman–Crippen MR) is 105 cm³/mol. The number of halogens is 4. The van der Waals surface area contributed by atoms with Crippen molar-refractivity contribution in [3.05, 3.63) is 71.9 Å². The first-order chi connectivity index (χ1) is 14.8. The first-order valence-electron chi connectivity index (χ1n) is 9.47. The summed E-state index contributed by atoms with van der Waals surface area (Å²) in [5.74, 6) is -1.61. The van der Waals surface area contributed by atoms with Crippen LogP contribution in [0.3, 0.4) is 0 Å². The van der Waals surface area contributed by atoms with Gasteiger partial charge in [0.15, 0.2) is 0 Å². The van der Waals surface area contributed by atoms with Crippen LogP contribution < -0.4 is 10.2 Å². The lowest BCUT2D eigenvalue weighted by atomic mass is 10.1. The molecule has 1 unspecified atom stereocenters. The second-order valence-corrected chi connectivity index (χ2v) is 7.08. The van der Waals surface area contributed by atoms with Crippen molar-refractivity contribution in [2.45, 2.75) is 18.6 Å². The molecular weight excluding hydrogens is 414 g/mol. The zero-order valence-electron chi connectivity index (χ0n) is 16.1. The summed E-state index contributed by atoms with van der Waals surface area (Å²) in [6.07, 6.45) is 0.788. The summed E-state index contributed by atoms with van der Waals surface area (Å²) in [4.78, 5) is 27.2. The van der Waals surface area contributed by atoms with Crippen molar-refractivity contribution < 1.29 is 22.4 Å². The number of anilines is 1. The van der Waals surface area contributed by atoms with Crippen molar-refractivity contribution in [3.63, 3.8) is 0 Å². The van der Waals surface area contributed by atoms with Crippen LogP contribution in [0.1, 0.15) is 22.3 Å². The van der Waals surface area contributed by atoms with E-state index in [1.54, 1.807) is 24.7 Å². The van der Waals surface area contributed by atoms with Crippen molar-refractivity contribution in [2.24, 2.45) is 0 Å². The van der Waals surface area contributed by atoms with Gasteiger partial charge in [-0.1, -0.05) is 0 Å². The van der Waals surface area contributed by atoms with Crippen LogP contribution in [-0.2, 0) is 6.18 Å². The fourth-order valence-electron chi connectivity index (χ4n) is 3.39. The van der Waals surface area contributed by atoms with Gasteiger partial charge < -0.3 is 10.2 Å². The third-order valence-corrected chi connectivity index (χ3v) is 4.94. The Balaban J connectivity index is 1.42. The average Bonchev–Trinajstić information content (AvgIpc) is 3.22. The molecule has 31 heavy (non-hydrogen) atoms. The highest BCUT2D eigenvalue weighted by atomic mass is 19.4. The number of rotatable bonds is 4. The van der Waals surface area contributed by atoms with E-state index in [0.717, 1.165) is 11.6 Å². The van der Waals surface area contributed by atoms with Crippen LogP contribution in [0.25, 0.3) is 11.3 Å². The number of amides is 1. The Morgan fingerprint density at radius 1 is 1.16 bits per heavy atom. The molecule has 1 N–H and O–H groups in total. The Labute approximate surface area is 175 Å². The lowest BCUT2D eigenvalue weighted by Crippen LogP contribution is -2.37. The zero-order valence-corrected chi connectivity index (χ0v) is 16.1. The smallest absolute Gasteiger partial charge is 0.347 e. The zero-order chi connectivity index (χ0) is 22.0. The molecule has 4 rings (SSSR count). The number of aromatic nitrogens is 3. The van der Waals surface area contributed by atoms with Crippen LogP contribution in [0, 0.1) is 5.82 Å². The van der Waals surface area contributed by atoms with Crippen LogP contribution in [-0.4, -0.2) is 40.0 Å². The molecule has 1 aliphatic heterocycles. The van der Waals surface area contributed by atoms with Gasteiger partial charge in [-0.3, -0.25) is 9.78 Å². The molecule has 0 spiro atoms. The number of carbonyl (C=O) groups is 1. The molecule has 1 aromatic carbocycles. The third-order valence-electron chi connectivity index (χ3n) is 4.94. The molecule has 10 heteroatoms. The summed E-state index contributed by atoms with van der Waals surface area (Å²) in [7, 11) is 0.